The Morgan fingerprint density at radius 3 is 3.00 bits per heavy atom. The molecule has 5 nitrogen and oxygen atoms in total. The van der Waals surface area contributed by atoms with Gasteiger partial charge in [0.25, 0.3) is 0 Å². The molecule has 0 radical (unpaired) electrons. The lowest BCUT2D eigenvalue weighted by Gasteiger charge is -2.03. The van der Waals surface area contributed by atoms with E-state index in [-0.39, 0.29) is 0 Å². The van der Waals surface area contributed by atoms with E-state index in [1.165, 1.54) is 0 Å². The van der Waals surface area contributed by atoms with Crippen LogP contribution in [0.1, 0.15) is 5.69 Å². The van der Waals surface area contributed by atoms with Crippen molar-refractivity contribution in [2.75, 3.05) is 5.43 Å². The number of anilines is 1. The van der Waals surface area contributed by atoms with E-state index < -0.39 is 0 Å². The predicted molar refractivity (Wildman–Crippen MR) is 58.4 cm³/mol. The van der Waals surface area contributed by atoms with E-state index in [9.17, 15) is 0 Å². The Morgan fingerprint density at radius 1 is 1.47 bits per heavy atom. The Labute approximate surface area is 91.8 Å². The van der Waals surface area contributed by atoms with Crippen LogP contribution in [0.3, 0.4) is 0 Å². The lowest BCUT2D eigenvalue weighted by atomic mass is 10.3. The third-order valence-electron chi connectivity index (χ3n) is 1.88. The van der Waals surface area contributed by atoms with E-state index in [4.69, 9.17) is 17.4 Å². The molecule has 0 aromatic carbocycles. The quantitative estimate of drug-likeness (QED) is 0.607. The summed E-state index contributed by atoms with van der Waals surface area (Å²) in [6, 6.07) is 5.57. The van der Waals surface area contributed by atoms with Gasteiger partial charge in [-0.2, -0.15) is 5.10 Å². The van der Waals surface area contributed by atoms with E-state index >= 15 is 0 Å². The summed E-state index contributed by atoms with van der Waals surface area (Å²) in [7, 11) is 0. The molecule has 0 amide bonds. The van der Waals surface area contributed by atoms with Crippen molar-refractivity contribution in [3.05, 3.63) is 41.3 Å². The van der Waals surface area contributed by atoms with Gasteiger partial charge >= 0.3 is 0 Å². The molecule has 0 aliphatic carbocycles. The number of rotatable bonds is 3. The second kappa shape index (κ2) is 4.29. The monoisotopic (exact) mass is 223 g/mol. The first kappa shape index (κ1) is 9.95. The first-order valence-electron chi connectivity index (χ1n) is 4.38. The maximum absolute atomic E-state index is 5.75. The number of pyridine rings is 1. The van der Waals surface area contributed by atoms with Crippen molar-refractivity contribution in [2.45, 2.75) is 6.54 Å². The van der Waals surface area contributed by atoms with Gasteiger partial charge in [-0.15, -0.1) is 0 Å². The highest BCUT2D eigenvalue weighted by molar-refractivity contribution is 6.30. The molecule has 2 heterocycles. The highest BCUT2D eigenvalue weighted by atomic mass is 35.5. The molecule has 0 atom stereocenters. The van der Waals surface area contributed by atoms with Crippen molar-refractivity contribution >= 4 is 17.4 Å². The molecule has 0 fully saturated rings. The zero-order chi connectivity index (χ0) is 10.7. The summed E-state index contributed by atoms with van der Waals surface area (Å²) in [6.45, 7) is 0.572. The Hall–Kier alpha value is -1.59. The molecule has 2 aromatic heterocycles. The fourth-order valence-corrected chi connectivity index (χ4v) is 1.40. The van der Waals surface area contributed by atoms with Crippen molar-refractivity contribution in [3.63, 3.8) is 0 Å². The Balaban J connectivity index is 2.16. The summed E-state index contributed by atoms with van der Waals surface area (Å²) in [5.41, 5.74) is 3.36. The minimum atomic E-state index is 0.572. The fourth-order valence-electron chi connectivity index (χ4n) is 1.24. The average Bonchev–Trinajstić information content (AvgIpc) is 2.64. The molecule has 3 N–H and O–H groups in total. The van der Waals surface area contributed by atoms with Gasteiger partial charge in [0.2, 0.25) is 0 Å². The number of nitrogens with one attached hydrogen (secondary N) is 1. The largest absolute Gasteiger partial charge is 0.308 e. The standard InChI is InChI=1S/C9H10ClN5/c10-7-4-12-15(5-7)6-8-2-1-3-9(13-8)14-11/h1-5H,6,11H2,(H,13,14). The molecule has 15 heavy (non-hydrogen) atoms. The molecule has 2 rings (SSSR count). The van der Waals surface area contributed by atoms with Crippen molar-refractivity contribution in [1.29, 1.82) is 0 Å². The smallest absolute Gasteiger partial charge is 0.140 e. The molecule has 0 saturated heterocycles. The van der Waals surface area contributed by atoms with Crippen LogP contribution >= 0.6 is 11.6 Å². The van der Waals surface area contributed by atoms with Gasteiger partial charge in [-0.1, -0.05) is 17.7 Å². The van der Waals surface area contributed by atoms with Gasteiger partial charge in [0.15, 0.2) is 0 Å². The number of hydrogen-bond donors (Lipinski definition) is 2. The molecule has 0 bridgehead atoms. The lowest BCUT2D eigenvalue weighted by molar-refractivity contribution is 0.673. The molecule has 0 unspecified atom stereocenters. The van der Waals surface area contributed by atoms with Gasteiger partial charge in [0, 0.05) is 6.20 Å². The van der Waals surface area contributed by atoms with Gasteiger partial charge < -0.3 is 5.43 Å². The number of nitrogens with zero attached hydrogens (tertiary/aromatic N) is 3. The van der Waals surface area contributed by atoms with Crippen LogP contribution in [0.4, 0.5) is 5.82 Å². The third-order valence-corrected chi connectivity index (χ3v) is 2.08. The molecule has 0 saturated carbocycles. The average molecular weight is 224 g/mol. The SMILES string of the molecule is NNc1cccc(Cn2cc(Cl)cn2)n1. The molecular formula is C9H10ClN5. The molecular weight excluding hydrogens is 214 g/mol. The zero-order valence-corrected chi connectivity index (χ0v) is 8.65. The second-order valence-corrected chi connectivity index (χ2v) is 3.45. The van der Waals surface area contributed by atoms with E-state index in [1.54, 1.807) is 23.1 Å². The summed E-state index contributed by atoms with van der Waals surface area (Å²) >= 11 is 5.75. The summed E-state index contributed by atoms with van der Waals surface area (Å²) < 4.78 is 1.71. The van der Waals surface area contributed by atoms with Crippen molar-refractivity contribution < 1.29 is 0 Å². The van der Waals surface area contributed by atoms with Crippen LogP contribution in [0, 0.1) is 0 Å². The topological polar surface area (TPSA) is 68.8 Å². The Morgan fingerprint density at radius 2 is 2.33 bits per heavy atom. The second-order valence-electron chi connectivity index (χ2n) is 3.01. The van der Waals surface area contributed by atoms with Crippen LogP contribution in [0.2, 0.25) is 5.02 Å². The summed E-state index contributed by atoms with van der Waals surface area (Å²) in [5.74, 6) is 5.89. The Kier molecular flexibility index (Phi) is 2.84. The number of nitrogens with two attached hydrogens (primary N) is 1. The molecule has 78 valence electrons. The van der Waals surface area contributed by atoms with Crippen LogP contribution in [0.15, 0.2) is 30.6 Å². The van der Waals surface area contributed by atoms with Gasteiger partial charge in [-0.05, 0) is 12.1 Å². The first-order valence-corrected chi connectivity index (χ1v) is 4.76. The fraction of sp³-hybridized carbons (Fsp3) is 0.111. The van der Waals surface area contributed by atoms with Crippen LogP contribution in [0.5, 0.6) is 0 Å². The zero-order valence-electron chi connectivity index (χ0n) is 7.89. The van der Waals surface area contributed by atoms with E-state index in [1.807, 2.05) is 12.1 Å². The van der Waals surface area contributed by atoms with Crippen LogP contribution < -0.4 is 11.3 Å². The molecule has 0 spiro atoms. The molecule has 6 heteroatoms. The minimum absolute atomic E-state index is 0.572. The number of halogens is 1. The number of hydrogen-bond acceptors (Lipinski definition) is 4. The summed E-state index contributed by atoms with van der Waals surface area (Å²) in [5, 5.41) is 4.67. The molecule has 2 aromatic rings. The maximum atomic E-state index is 5.75. The van der Waals surface area contributed by atoms with Crippen molar-refractivity contribution in [1.82, 2.24) is 14.8 Å². The normalized spacial score (nSPS) is 10.3. The number of hydrazine groups is 1. The first-order chi connectivity index (χ1) is 7.28. The maximum Gasteiger partial charge on any atom is 0.140 e. The van der Waals surface area contributed by atoms with Gasteiger partial charge in [-0.3, -0.25) is 4.68 Å². The van der Waals surface area contributed by atoms with Crippen LogP contribution in [0.25, 0.3) is 0 Å². The van der Waals surface area contributed by atoms with E-state index in [2.05, 4.69) is 15.5 Å². The van der Waals surface area contributed by atoms with Crippen molar-refractivity contribution in [3.8, 4) is 0 Å². The minimum Gasteiger partial charge on any atom is -0.308 e. The van der Waals surface area contributed by atoms with Crippen molar-refractivity contribution in [2.24, 2.45) is 5.84 Å². The van der Waals surface area contributed by atoms with Gasteiger partial charge in [0.1, 0.15) is 5.82 Å². The van der Waals surface area contributed by atoms with Gasteiger partial charge in [0.05, 0.1) is 23.5 Å². The molecule has 0 aliphatic rings. The summed E-state index contributed by atoms with van der Waals surface area (Å²) in [4.78, 5) is 4.26. The number of aromatic nitrogens is 3. The van der Waals surface area contributed by atoms with Crippen LogP contribution in [-0.2, 0) is 6.54 Å². The summed E-state index contributed by atoms with van der Waals surface area (Å²) in [6.07, 6.45) is 3.33. The predicted octanol–water partition coefficient (Wildman–Crippen LogP) is 1.27. The Bertz CT molecular complexity index is 453. The van der Waals surface area contributed by atoms with E-state index in [0.29, 0.717) is 17.4 Å². The lowest BCUT2D eigenvalue weighted by Crippen LogP contribution is -2.10. The van der Waals surface area contributed by atoms with E-state index in [0.717, 1.165) is 5.69 Å². The third kappa shape index (κ3) is 2.45. The van der Waals surface area contributed by atoms with Gasteiger partial charge in [-0.25, -0.2) is 10.8 Å². The number of nitrogen functional groups attached to an aromatic ring is 1. The van der Waals surface area contributed by atoms with Crippen LogP contribution in [-0.4, -0.2) is 14.8 Å². The highest BCUT2D eigenvalue weighted by Crippen LogP contribution is 2.08. The molecule has 0 aliphatic heterocycles. The highest BCUT2D eigenvalue weighted by Gasteiger charge is 1.99.